The summed E-state index contributed by atoms with van der Waals surface area (Å²) in [5, 5.41) is 5.01. The van der Waals surface area contributed by atoms with Gasteiger partial charge in [-0.3, -0.25) is 0 Å². The van der Waals surface area contributed by atoms with Gasteiger partial charge < -0.3 is 14.8 Å². The number of halogens is 1. The molecule has 1 aliphatic rings. The summed E-state index contributed by atoms with van der Waals surface area (Å²) in [5.74, 6) is 0. The Bertz CT molecular complexity index is 905. The lowest BCUT2D eigenvalue weighted by molar-refractivity contribution is 0.286. The second-order valence-corrected chi connectivity index (χ2v) is 7.56. The first-order chi connectivity index (χ1) is 13.2. The molecular weight excluding hydrogens is 374 g/mol. The molecule has 0 saturated carbocycles. The molecule has 138 valence electrons. The molecule has 0 amide bonds. The normalized spacial score (nSPS) is 16.0. The van der Waals surface area contributed by atoms with E-state index in [0.29, 0.717) is 0 Å². The Kier molecular flexibility index (Phi) is 5.46. The van der Waals surface area contributed by atoms with Crippen molar-refractivity contribution in [3.05, 3.63) is 94.8 Å². The van der Waals surface area contributed by atoms with E-state index in [0.717, 1.165) is 36.2 Å². The molecule has 27 heavy (non-hydrogen) atoms. The molecule has 0 saturated heterocycles. The number of hydrogen-bond donors (Lipinski definition) is 1. The van der Waals surface area contributed by atoms with E-state index in [1.54, 1.807) is 0 Å². The van der Waals surface area contributed by atoms with Gasteiger partial charge in [0.15, 0.2) is 5.11 Å². The van der Waals surface area contributed by atoms with Crippen molar-refractivity contribution in [3.63, 3.8) is 0 Å². The first-order valence-electron chi connectivity index (χ1n) is 9.21. The molecule has 1 atom stereocenters. The molecule has 4 rings (SSSR count). The maximum absolute atomic E-state index is 6.10. The first kappa shape index (κ1) is 18.1. The number of fused-ring (bicyclic) bond motifs is 1. The molecule has 2 aromatic carbocycles. The van der Waals surface area contributed by atoms with Gasteiger partial charge in [0.05, 0.1) is 6.04 Å². The van der Waals surface area contributed by atoms with Gasteiger partial charge in [-0.15, -0.1) is 0 Å². The van der Waals surface area contributed by atoms with Crippen LogP contribution in [0.4, 0.5) is 0 Å². The van der Waals surface area contributed by atoms with Crippen LogP contribution in [0.3, 0.4) is 0 Å². The van der Waals surface area contributed by atoms with Crippen LogP contribution in [-0.4, -0.2) is 27.7 Å². The van der Waals surface area contributed by atoms with Crippen molar-refractivity contribution in [2.24, 2.45) is 0 Å². The van der Waals surface area contributed by atoms with E-state index in [2.05, 4.69) is 69.5 Å². The van der Waals surface area contributed by atoms with Crippen LogP contribution in [0, 0.1) is 0 Å². The van der Waals surface area contributed by atoms with Gasteiger partial charge in [-0.05, 0) is 54.0 Å². The minimum Gasteiger partial charge on any atom is -0.362 e. The number of rotatable bonds is 4. The highest BCUT2D eigenvalue weighted by Gasteiger charge is 2.30. The van der Waals surface area contributed by atoms with Gasteiger partial charge in [0.2, 0.25) is 0 Å². The number of hydrogen-bond acceptors (Lipinski definition) is 1. The smallest absolute Gasteiger partial charge is 0.169 e. The fourth-order valence-electron chi connectivity index (χ4n) is 3.66. The Hall–Kier alpha value is -2.30. The molecule has 5 heteroatoms. The highest BCUT2D eigenvalue weighted by Crippen LogP contribution is 2.33. The zero-order chi connectivity index (χ0) is 18.6. The molecule has 0 bridgehead atoms. The average Bonchev–Trinajstić information content (AvgIpc) is 3.17. The van der Waals surface area contributed by atoms with Crippen LogP contribution in [0.1, 0.15) is 22.9 Å². The van der Waals surface area contributed by atoms with Crippen molar-refractivity contribution in [3.8, 4) is 0 Å². The van der Waals surface area contributed by atoms with Crippen LogP contribution >= 0.6 is 23.8 Å². The summed E-state index contributed by atoms with van der Waals surface area (Å²) < 4.78 is 2.31. The van der Waals surface area contributed by atoms with Crippen molar-refractivity contribution in [1.82, 2.24) is 14.8 Å². The Balaban J connectivity index is 1.51. The molecule has 1 aliphatic heterocycles. The fraction of sp³-hybridized carbons (Fsp3) is 0.227. The lowest BCUT2D eigenvalue weighted by atomic mass is 10.0. The number of nitrogens with one attached hydrogen (secondary N) is 1. The maximum Gasteiger partial charge on any atom is 0.169 e. The van der Waals surface area contributed by atoms with Crippen molar-refractivity contribution in [1.29, 1.82) is 0 Å². The third kappa shape index (κ3) is 4.02. The van der Waals surface area contributed by atoms with Crippen molar-refractivity contribution in [2.75, 3.05) is 13.1 Å². The van der Waals surface area contributed by atoms with Crippen molar-refractivity contribution >= 4 is 28.9 Å². The molecule has 0 fully saturated rings. The summed E-state index contributed by atoms with van der Waals surface area (Å²) >= 11 is 11.9. The summed E-state index contributed by atoms with van der Waals surface area (Å²) in [6.07, 6.45) is 3.10. The number of thiocarbonyl (C=S) groups is 1. The van der Waals surface area contributed by atoms with E-state index in [4.69, 9.17) is 23.8 Å². The third-order valence-electron chi connectivity index (χ3n) is 5.02. The lowest BCUT2D eigenvalue weighted by Crippen LogP contribution is -2.47. The molecule has 1 N–H and O–H groups in total. The van der Waals surface area contributed by atoms with E-state index in [1.165, 1.54) is 16.8 Å². The maximum atomic E-state index is 6.10. The van der Waals surface area contributed by atoms with E-state index >= 15 is 0 Å². The Labute approximate surface area is 170 Å². The summed E-state index contributed by atoms with van der Waals surface area (Å²) in [6.45, 7) is 2.65. The predicted octanol–water partition coefficient (Wildman–Crippen LogP) is 4.66. The molecule has 3 nitrogen and oxygen atoms in total. The van der Waals surface area contributed by atoms with Crippen LogP contribution in [0.5, 0.6) is 0 Å². The van der Waals surface area contributed by atoms with Crippen LogP contribution in [0.25, 0.3) is 0 Å². The lowest BCUT2D eigenvalue weighted by Gasteiger charge is -2.39. The van der Waals surface area contributed by atoms with Crippen molar-refractivity contribution < 1.29 is 0 Å². The van der Waals surface area contributed by atoms with Gasteiger partial charge in [-0.1, -0.05) is 54.1 Å². The van der Waals surface area contributed by atoms with Gasteiger partial charge in [-0.25, -0.2) is 0 Å². The molecule has 0 aliphatic carbocycles. The fourth-order valence-corrected chi connectivity index (χ4v) is 4.08. The Morgan fingerprint density at radius 3 is 2.56 bits per heavy atom. The Morgan fingerprint density at radius 2 is 1.78 bits per heavy atom. The highest BCUT2D eigenvalue weighted by atomic mass is 35.5. The highest BCUT2D eigenvalue weighted by molar-refractivity contribution is 7.80. The van der Waals surface area contributed by atoms with Gasteiger partial charge in [0.25, 0.3) is 0 Å². The zero-order valence-corrected chi connectivity index (χ0v) is 16.6. The molecule has 1 aromatic heterocycles. The minimum absolute atomic E-state index is 0.0998. The SMILES string of the molecule is S=C(NCCc1ccccc1)N1CCn2cccc2[C@H]1c1ccc(Cl)cc1. The molecule has 0 spiro atoms. The van der Waals surface area contributed by atoms with Gasteiger partial charge in [0, 0.05) is 36.5 Å². The van der Waals surface area contributed by atoms with Crippen LogP contribution < -0.4 is 5.32 Å². The summed E-state index contributed by atoms with van der Waals surface area (Å²) in [7, 11) is 0. The monoisotopic (exact) mass is 395 g/mol. The van der Waals surface area contributed by atoms with Crippen LogP contribution in [-0.2, 0) is 13.0 Å². The van der Waals surface area contributed by atoms with E-state index < -0.39 is 0 Å². The van der Waals surface area contributed by atoms with E-state index in [9.17, 15) is 0 Å². The van der Waals surface area contributed by atoms with Crippen LogP contribution in [0.2, 0.25) is 5.02 Å². The Morgan fingerprint density at radius 1 is 1.00 bits per heavy atom. The average molecular weight is 396 g/mol. The molecule has 3 aromatic rings. The van der Waals surface area contributed by atoms with Gasteiger partial charge in [0.1, 0.15) is 0 Å². The zero-order valence-electron chi connectivity index (χ0n) is 15.0. The van der Waals surface area contributed by atoms with Gasteiger partial charge in [-0.2, -0.15) is 0 Å². The number of aromatic nitrogens is 1. The predicted molar refractivity (Wildman–Crippen MR) is 115 cm³/mol. The van der Waals surface area contributed by atoms with Gasteiger partial charge >= 0.3 is 0 Å². The topological polar surface area (TPSA) is 20.2 Å². The molecule has 0 radical (unpaired) electrons. The first-order valence-corrected chi connectivity index (χ1v) is 10.00. The minimum atomic E-state index is 0.0998. The number of benzene rings is 2. The second kappa shape index (κ2) is 8.15. The van der Waals surface area contributed by atoms with E-state index in [-0.39, 0.29) is 6.04 Å². The standard InChI is InChI=1S/C22H22ClN3S/c23-19-10-8-18(9-11-19)21-20-7-4-14-25(20)15-16-26(21)22(27)24-13-12-17-5-2-1-3-6-17/h1-11,14,21H,12-13,15-16H2,(H,24,27)/t21-/m1/s1. The quantitative estimate of drug-likeness (QED) is 0.648. The molecular formula is C22H22ClN3S. The summed E-state index contributed by atoms with van der Waals surface area (Å²) in [6, 6.07) is 22.9. The summed E-state index contributed by atoms with van der Waals surface area (Å²) in [5.41, 5.74) is 3.77. The summed E-state index contributed by atoms with van der Waals surface area (Å²) in [4.78, 5) is 2.29. The molecule has 2 heterocycles. The van der Waals surface area contributed by atoms with Crippen molar-refractivity contribution in [2.45, 2.75) is 19.0 Å². The largest absolute Gasteiger partial charge is 0.362 e. The van der Waals surface area contributed by atoms with Crippen LogP contribution in [0.15, 0.2) is 72.9 Å². The third-order valence-corrected chi connectivity index (χ3v) is 5.65. The van der Waals surface area contributed by atoms with E-state index in [1.807, 2.05) is 18.2 Å². The number of nitrogens with zero attached hydrogens (tertiary/aromatic N) is 2. The second-order valence-electron chi connectivity index (χ2n) is 6.74. The molecule has 0 unspecified atom stereocenters.